The summed E-state index contributed by atoms with van der Waals surface area (Å²) < 4.78 is 3.67. The maximum Gasteiger partial charge on any atom is 0.271 e. The molecule has 1 amide bonds. The Bertz CT molecular complexity index is 2680. The number of benzene rings is 2. The lowest BCUT2D eigenvalue weighted by molar-refractivity contribution is 0.0996. The molecule has 258 valence electrons. The highest BCUT2D eigenvalue weighted by atomic mass is 79.9. The van der Waals surface area contributed by atoms with Gasteiger partial charge < -0.3 is 17.2 Å². The number of hydrogen-bond donors (Lipinski definition) is 3. The maximum absolute atomic E-state index is 11.7. The van der Waals surface area contributed by atoms with Crippen LogP contribution in [0.5, 0.6) is 0 Å². The van der Waals surface area contributed by atoms with Crippen molar-refractivity contribution in [3.63, 3.8) is 0 Å². The van der Waals surface area contributed by atoms with E-state index in [1.807, 2.05) is 74.6 Å². The van der Waals surface area contributed by atoms with Crippen molar-refractivity contribution in [1.29, 1.82) is 0 Å². The molecule has 0 spiro atoms. The number of carbonyl (C=O) groups excluding carboxylic acids is 1. The van der Waals surface area contributed by atoms with Crippen molar-refractivity contribution < 1.29 is 4.79 Å². The number of nitrogens with two attached hydrogens (primary N) is 3. The van der Waals surface area contributed by atoms with Gasteiger partial charge in [-0.3, -0.25) is 14.8 Å². The van der Waals surface area contributed by atoms with Crippen LogP contribution in [0.15, 0.2) is 90.1 Å². The summed E-state index contributed by atoms with van der Waals surface area (Å²) in [6.45, 7) is 3.76. The molecule has 8 aromatic rings. The molecule has 2 aromatic carbocycles. The van der Waals surface area contributed by atoms with Crippen molar-refractivity contribution >= 4 is 78.5 Å². The zero-order chi connectivity index (χ0) is 36.7. The van der Waals surface area contributed by atoms with Gasteiger partial charge in [-0.1, -0.05) is 35.3 Å². The molecule has 0 saturated heterocycles. The lowest BCUT2D eigenvalue weighted by atomic mass is 10.1. The molecular weight excluding hydrogens is 769 g/mol. The maximum atomic E-state index is 11.7. The van der Waals surface area contributed by atoms with Crippen LogP contribution >= 0.6 is 39.1 Å². The highest BCUT2D eigenvalue weighted by Crippen LogP contribution is 2.34. The van der Waals surface area contributed by atoms with E-state index in [4.69, 9.17) is 40.4 Å². The molecule has 0 unspecified atom stereocenters. The largest absolute Gasteiger partial charge is 0.382 e. The van der Waals surface area contributed by atoms with Crippen LogP contribution in [0.2, 0.25) is 10.0 Å². The molecule has 6 aromatic heterocycles. The van der Waals surface area contributed by atoms with Crippen LogP contribution in [0.3, 0.4) is 0 Å². The Labute approximate surface area is 313 Å². The fraction of sp³-hybridized carbons (Fsp3) is 0.0571. The van der Waals surface area contributed by atoms with Crippen molar-refractivity contribution in [2.24, 2.45) is 5.73 Å². The second-order valence-corrected chi connectivity index (χ2v) is 13.0. The minimum atomic E-state index is -0.766. The Balaban J connectivity index is 0.000000162. The van der Waals surface area contributed by atoms with E-state index in [0.717, 1.165) is 33.2 Å². The average Bonchev–Trinajstić information content (AvgIpc) is 3.77. The van der Waals surface area contributed by atoms with Crippen LogP contribution in [0.4, 0.5) is 11.6 Å². The van der Waals surface area contributed by atoms with Gasteiger partial charge in [0, 0.05) is 46.7 Å². The van der Waals surface area contributed by atoms with Gasteiger partial charge in [0.2, 0.25) is 0 Å². The molecule has 0 radical (unpaired) electrons. The third-order valence-electron chi connectivity index (χ3n) is 7.74. The van der Waals surface area contributed by atoms with Crippen LogP contribution in [-0.4, -0.2) is 55.4 Å². The topological polar surface area (TPSA) is 208 Å². The lowest BCUT2D eigenvalue weighted by Gasteiger charge is -2.12. The summed E-state index contributed by atoms with van der Waals surface area (Å²) >= 11 is 16.2. The number of rotatable bonds is 5. The molecule has 14 nitrogen and oxygen atoms in total. The van der Waals surface area contributed by atoms with Crippen LogP contribution in [0.1, 0.15) is 21.9 Å². The molecule has 0 aliphatic rings. The van der Waals surface area contributed by atoms with Gasteiger partial charge in [-0.15, -0.1) is 0 Å². The van der Waals surface area contributed by atoms with Gasteiger partial charge in [0.1, 0.15) is 16.0 Å². The number of carbonyl (C=O) groups is 1. The Morgan fingerprint density at radius 1 is 0.692 bits per heavy atom. The van der Waals surface area contributed by atoms with Crippen LogP contribution in [-0.2, 0) is 0 Å². The number of aromatic nitrogens is 10. The van der Waals surface area contributed by atoms with Crippen LogP contribution in [0, 0.1) is 13.8 Å². The predicted octanol–water partition coefficient (Wildman–Crippen LogP) is 6.70. The van der Waals surface area contributed by atoms with Crippen molar-refractivity contribution in [1.82, 2.24) is 49.5 Å². The molecule has 17 heteroatoms. The number of anilines is 2. The van der Waals surface area contributed by atoms with Crippen LogP contribution < -0.4 is 17.2 Å². The zero-order valence-electron chi connectivity index (χ0n) is 27.3. The highest BCUT2D eigenvalue weighted by Gasteiger charge is 2.20. The third-order valence-corrected chi connectivity index (χ3v) is 8.90. The second kappa shape index (κ2) is 13.9. The first-order chi connectivity index (χ1) is 25.0. The molecule has 0 bridgehead atoms. The van der Waals surface area contributed by atoms with E-state index in [1.54, 1.807) is 34.0 Å². The van der Waals surface area contributed by atoms with E-state index in [9.17, 15) is 4.79 Å². The van der Waals surface area contributed by atoms with Gasteiger partial charge in [0.15, 0.2) is 29.0 Å². The number of hydrogen-bond acceptors (Lipinski definition) is 11. The summed E-state index contributed by atoms with van der Waals surface area (Å²) in [4.78, 5) is 38.0. The molecule has 6 heterocycles. The summed E-state index contributed by atoms with van der Waals surface area (Å²) in [5.74, 6) is 0.361. The standard InChI is InChI=1S/C18H14ClN7O.C17H12BrClN6/c1-9-4-6-26(25-9)18-14(23-15(17(21)27)16(20)24-18)11-7-10-3-2-5-22-13(10)12(19)8-11;1-9-4-6-25(24-9)17-14(22-15(18)16(20)23-17)11-7-10-3-2-5-21-13(10)12(19)8-11/h2-8H,1H3,(H2,20,24)(H2,21,27);2-8H,1H3,(H2,20,23). The Kier molecular flexibility index (Phi) is 9.23. The number of fused-ring (bicyclic) bond motifs is 2. The van der Waals surface area contributed by atoms with Gasteiger partial charge in [0.25, 0.3) is 5.91 Å². The SMILES string of the molecule is Cc1ccn(-c2nc(N)c(Br)nc2-c2cc(Cl)c3ncccc3c2)n1.Cc1ccn(-c2nc(N)c(C(N)=O)nc2-c2cc(Cl)c3ncccc3c2)n1. The number of aryl methyl sites for hydroxylation is 2. The summed E-state index contributed by atoms with van der Waals surface area (Å²) in [5.41, 5.74) is 22.6. The average molecular weight is 795 g/mol. The molecule has 6 N–H and O–H groups in total. The highest BCUT2D eigenvalue weighted by molar-refractivity contribution is 9.10. The van der Waals surface area contributed by atoms with E-state index in [0.29, 0.717) is 54.6 Å². The first-order valence-corrected chi connectivity index (χ1v) is 17.0. The first-order valence-electron chi connectivity index (χ1n) is 15.4. The Morgan fingerprint density at radius 3 is 1.63 bits per heavy atom. The van der Waals surface area contributed by atoms with Gasteiger partial charge in [0.05, 0.1) is 32.5 Å². The summed E-state index contributed by atoms with van der Waals surface area (Å²) in [6, 6.07) is 18.6. The van der Waals surface area contributed by atoms with Crippen molar-refractivity contribution in [3.8, 4) is 34.2 Å². The molecule has 0 fully saturated rings. The monoisotopic (exact) mass is 793 g/mol. The zero-order valence-corrected chi connectivity index (χ0v) is 30.4. The fourth-order valence-corrected chi connectivity index (χ4v) is 6.20. The van der Waals surface area contributed by atoms with E-state index in [-0.39, 0.29) is 11.5 Å². The fourth-order valence-electron chi connectivity index (χ4n) is 5.38. The summed E-state index contributed by atoms with van der Waals surface area (Å²) in [7, 11) is 0. The third kappa shape index (κ3) is 6.71. The second-order valence-electron chi connectivity index (χ2n) is 11.4. The number of nitrogens with zero attached hydrogens (tertiary/aromatic N) is 10. The number of nitrogen functional groups attached to an aromatic ring is 2. The smallest absolute Gasteiger partial charge is 0.271 e. The quantitative estimate of drug-likeness (QED) is 0.167. The molecule has 0 aliphatic heterocycles. The predicted molar refractivity (Wildman–Crippen MR) is 204 cm³/mol. The number of primary amides is 1. The molecule has 0 aliphatic carbocycles. The van der Waals surface area contributed by atoms with E-state index < -0.39 is 5.91 Å². The number of amides is 1. The lowest BCUT2D eigenvalue weighted by Crippen LogP contribution is -2.19. The van der Waals surface area contributed by atoms with Gasteiger partial charge in [-0.2, -0.15) is 10.2 Å². The van der Waals surface area contributed by atoms with Crippen LogP contribution in [0.25, 0.3) is 56.0 Å². The minimum absolute atomic E-state index is 0.0667. The minimum Gasteiger partial charge on any atom is -0.382 e. The summed E-state index contributed by atoms with van der Waals surface area (Å²) in [5, 5.41) is 11.5. The van der Waals surface area contributed by atoms with E-state index in [2.05, 4.69) is 56.0 Å². The van der Waals surface area contributed by atoms with Gasteiger partial charge in [-0.25, -0.2) is 29.3 Å². The normalized spacial score (nSPS) is 11.1. The first kappa shape index (κ1) is 34.4. The number of halogens is 3. The Morgan fingerprint density at radius 2 is 1.17 bits per heavy atom. The Hall–Kier alpha value is -6.03. The molecule has 0 saturated carbocycles. The van der Waals surface area contributed by atoms with Crippen molar-refractivity contribution in [2.75, 3.05) is 11.5 Å². The number of pyridine rings is 2. The van der Waals surface area contributed by atoms with Crippen molar-refractivity contribution in [3.05, 3.63) is 117 Å². The van der Waals surface area contributed by atoms with Gasteiger partial charge >= 0.3 is 0 Å². The van der Waals surface area contributed by atoms with Crippen molar-refractivity contribution in [2.45, 2.75) is 13.8 Å². The molecule has 52 heavy (non-hydrogen) atoms. The molecule has 0 atom stereocenters. The molecule has 8 rings (SSSR count). The van der Waals surface area contributed by atoms with E-state index in [1.165, 1.54) is 0 Å². The summed E-state index contributed by atoms with van der Waals surface area (Å²) in [6.07, 6.45) is 6.93. The van der Waals surface area contributed by atoms with Gasteiger partial charge in [-0.05, 0) is 78.3 Å². The van der Waals surface area contributed by atoms with E-state index >= 15 is 0 Å². The molecular formula is C35H26BrCl2N13O.